The number of primary amides is 1. The van der Waals surface area contributed by atoms with Crippen LogP contribution in [0.1, 0.15) is 33.1 Å². The molecule has 0 aromatic rings. The normalized spacial score (nSPS) is 17.1. The third-order valence-corrected chi connectivity index (χ3v) is 2.42. The Balaban J connectivity index is 0.000000770. The third kappa shape index (κ3) is 10.1. The van der Waals surface area contributed by atoms with Gasteiger partial charge in [-0.05, 0) is 19.9 Å². The molecule has 5 nitrogen and oxygen atoms in total. The molecule has 2 amide bonds. The minimum Gasteiger partial charge on any atom is -0.376 e. The fourth-order valence-electron chi connectivity index (χ4n) is 1.55. The Morgan fingerprint density at radius 3 is 2.41 bits per heavy atom. The first-order chi connectivity index (χ1) is 8.10. The number of rotatable bonds is 4. The van der Waals surface area contributed by atoms with Crippen LogP contribution < -0.4 is 11.1 Å². The van der Waals surface area contributed by atoms with Gasteiger partial charge >= 0.3 is 6.03 Å². The lowest BCUT2D eigenvalue weighted by Crippen LogP contribution is -2.37. The van der Waals surface area contributed by atoms with Crippen molar-refractivity contribution < 1.29 is 9.53 Å². The summed E-state index contributed by atoms with van der Waals surface area (Å²) < 4.78 is 5.58. The van der Waals surface area contributed by atoms with E-state index < -0.39 is 6.03 Å². The van der Waals surface area contributed by atoms with E-state index in [1.54, 1.807) is 0 Å². The zero-order valence-electron chi connectivity index (χ0n) is 11.4. The molecule has 1 saturated heterocycles. The number of likely N-dealkylation sites (tertiary alicyclic amines) is 1. The molecule has 5 heteroatoms. The van der Waals surface area contributed by atoms with Crippen molar-refractivity contribution >= 4 is 6.03 Å². The summed E-state index contributed by atoms with van der Waals surface area (Å²) >= 11 is 0. The lowest BCUT2D eigenvalue weighted by Gasteiger charge is -2.28. The summed E-state index contributed by atoms with van der Waals surface area (Å²) in [4.78, 5) is 12.6. The minimum atomic E-state index is -0.489. The number of nitrogens with zero attached hydrogens (tertiary/aromatic N) is 1. The molecule has 102 valence electrons. The number of hydrogen-bond acceptors (Lipinski definition) is 3. The number of amides is 2. The van der Waals surface area contributed by atoms with Gasteiger partial charge in [0.1, 0.15) is 0 Å². The van der Waals surface area contributed by atoms with E-state index in [2.05, 4.69) is 31.1 Å². The molecule has 17 heavy (non-hydrogen) atoms. The first-order valence-corrected chi connectivity index (χ1v) is 6.43. The second-order valence-corrected chi connectivity index (χ2v) is 4.37. The van der Waals surface area contributed by atoms with Crippen molar-refractivity contribution in [3.05, 3.63) is 0 Å². The van der Waals surface area contributed by atoms with Crippen molar-refractivity contribution in [3.63, 3.8) is 0 Å². The summed E-state index contributed by atoms with van der Waals surface area (Å²) in [5.74, 6) is 0. The van der Waals surface area contributed by atoms with Gasteiger partial charge in [0.25, 0.3) is 0 Å². The lowest BCUT2D eigenvalue weighted by atomic mass is 10.1. The average molecular weight is 245 g/mol. The van der Waals surface area contributed by atoms with Crippen LogP contribution in [0, 0.1) is 0 Å². The molecular weight excluding hydrogens is 218 g/mol. The highest BCUT2D eigenvalue weighted by Crippen LogP contribution is 2.11. The maximum Gasteiger partial charge on any atom is 0.312 e. The molecule has 3 N–H and O–H groups in total. The van der Waals surface area contributed by atoms with Crippen molar-refractivity contribution in [1.82, 2.24) is 10.2 Å². The Hall–Kier alpha value is -0.810. The Labute approximate surface area is 105 Å². The van der Waals surface area contributed by atoms with Crippen molar-refractivity contribution in [2.75, 3.05) is 33.3 Å². The van der Waals surface area contributed by atoms with Crippen LogP contribution in [-0.2, 0) is 4.74 Å². The number of nitrogens with two attached hydrogens (primary N) is 1. The number of piperidine rings is 1. The summed E-state index contributed by atoms with van der Waals surface area (Å²) in [5.41, 5.74) is 4.92. The molecule has 0 aromatic carbocycles. The Morgan fingerprint density at radius 1 is 1.41 bits per heavy atom. The monoisotopic (exact) mass is 245 g/mol. The standard InChI is InChI=1S/C9H19N3O2.C3H8/c1-12-5-2-8(3-6-12)14-7-4-11-9(10)13;1-3-2/h8H,2-7H2,1H3,(H3,10,11,13);3H2,1-2H3. The summed E-state index contributed by atoms with van der Waals surface area (Å²) in [6, 6.07) is -0.489. The van der Waals surface area contributed by atoms with Crippen molar-refractivity contribution in [2.24, 2.45) is 5.73 Å². The molecule has 0 bridgehead atoms. The molecule has 1 aliphatic rings. The summed E-state index contributed by atoms with van der Waals surface area (Å²) in [7, 11) is 2.12. The number of carbonyl (C=O) groups is 1. The smallest absolute Gasteiger partial charge is 0.312 e. The van der Waals surface area contributed by atoms with E-state index in [0.717, 1.165) is 25.9 Å². The number of hydrogen-bond donors (Lipinski definition) is 2. The fraction of sp³-hybridized carbons (Fsp3) is 0.917. The second kappa shape index (κ2) is 10.4. The van der Waals surface area contributed by atoms with Crippen LogP contribution in [-0.4, -0.2) is 50.3 Å². The van der Waals surface area contributed by atoms with Gasteiger partial charge in [0.15, 0.2) is 0 Å². The van der Waals surface area contributed by atoms with E-state index >= 15 is 0 Å². The van der Waals surface area contributed by atoms with Crippen LogP contribution in [0.4, 0.5) is 4.79 Å². The van der Waals surface area contributed by atoms with Gasteiger partial charge in [0, 0.05) is 19.6 Å². The van der Waals surface area contributed by atoms with Crippen LogP contribution in [0.3, 0.4) is 0 Å². The molecule has 0 radical (unpaired) electrons. The van der Waals surface area contributed by atoms with Crippen molar-refractivity contribution in [1.29, 1.82) is 0 Å². The molecule has 0 spiro atoms. The van der Waals surface area contributed by atoms with Gasteiger partial charge in [-0.3, -0.25) is 0 Å². The molecule has 1 aliphatic heterocycles. The van der Waals surface area contributed by atoms with Crippen LogP contribution in [0.5, 0.6) is 0 Å². The first-order valence-electron chi connectivity index (χ1n) is 6.43. The van der Waals surface area contributed by atoms with Gasteiger partial charge in [0.05, 0.1) is 12.7 Å². The van der Waals surface area contributed by atoms with E-state index in [-0.39, 0.29) is 0 Å². The Morgan fingerprint density at radius 2 is 1.94 bits per heavy atom. The van der Waals surface area contributed by atoms with Crippen LogP contribution >= 0.6 is 0 Å². The summed E-state index contributed by atoms with van der Waals surface area (Å²) in [6.07, 6.45) is 3.75. The number of nitrogens with one attached hydrogen (secondary N) is 1. The summed E-state index contributed by atoms with van der Waals surface area (Å²) in [6.45, 7) is 7.49. The highest BCUT2D eigenvalue weighted by molar-refractivity contribution is 5.71. The molecule has 0 aromatic heterocycles. The van der Waals surface area contributed by atoms with Gasteiger partial charge < -0.3 is 20.7 Å². The second-order valence-electron chi connectivity index (χ2n) is 4.37. The van der Waals surface area contributed by atoms with E-state index in [1.807, 2.05) is 0 Å². The number of carbonyl (C=O) groups excluding carboxylic acids is 1. The molecule has 1 rings (SSSR count). The van der Waals surface area contributed by atoms with Gasteiger partial charge in [-0.2, -0.15) is 0 Å². The first kappa shape index (κ1) is 16.2. The van der Waals surface area contributed by atoms with E-state index in [1.165, 1.54) is 6.42 Å². The van der Waals surface area contributed by atoms with E-state index in [0.29, 0.717) is 19.3 Å². The highest BCUT2D eigenvalue weighted by Gasteiger charge is 2.16. The van der Waals surface area contributed by atoms with E-state index in [9.17, 15) is 4.79 Å². The van der Waals surface area contributed by atoms with Gasteiger partial charge in [-0.25, -0.2) is 4.79 Å². The lowest BCUT2D eigenvalue weighted by molar-refractivity contribution is 0.0150. The maximum absolute atomic E-state index is 10.3. The Kier molecular flexibility index (Phi) is 9.86. The molecule has 0 saturated carbocycles. The van der Waals surface area contributed by atoms with Gasteiger partial charge in [0.2, 0.25) is 0 Å². The van der Waals surface area contributed by atoms with Crippen molar-refractivity contribution in [2.45, 2.75) is 39.2 Å². The molecule has 0 unspecified atom stereocenters. The van der Waals surface area contributed by atoms with Crippen LogP contribution in [0.25, 0.3) is 0 Å². The zero-order chi connectivity index (χ0) is 13.1. The van der Waals surface area contributed by atoms with E-state index in [4.69, 9.17) is 10.5 Å². The largest absolute Gasteiger partial charge is 0.376 e. The SMILES string of the molecule is CCC.CN1CCC(OCCNC(N)=O)CC1. The molecule has 0 atom stereocenters. The molecule has 0 aliphatic carbocycles. The van der Waals surface area contributed by atoms with Crippen LogP contribution in [0.2, 0.25) is 0 Å². The van der Waals surface area contributed by atoms with Gasteiger partial charge in [-0.15, -0.1) is 0 Å². The number of ether oxygens (including phenoxy) is 1. The minimum absolute atomic E-state index is 0.348. The third-order valence-electron chi connectivity index (χ3n) is 2.42. The quantitative estimate of drug-likeness (QED) is 0.731. The highest BCUT2D eigenvalue weighted by atomic mass is 16.5. The number of urea groups is 1. The zero-order valence-corrected chi connectivity index (χ0v) is 11.4. The molecule has 1 fully saturated rings. The van der Waals surface area contributed by atoms with Gasteiger partial charge in [-0.1, -0.05) is 20.3 Å². The predicted octanol–water partition coefficient (Wildman–Crippen LogP) is 1.18. The summed E-state index contributed by atoms with van der Waals surface area (Å²) in [5, 5.41) is 2.50. The average Bonchev–Trinajstić information content (AvgIpc) is 2.28. The molecular formula is C12H27N3O2. The topological polar surface area (TPSA) is 67.6 Å². The maximum atomic E-state index is 10.3. The molecule has 1 heterocycles. The van der Waals surface area contributed by atoms with Crippen molar-refractivity contribution in [3.8, 4) is 0 Å². The predicted molar refractivity (Wildman–Crippen MR) is 70.0 cm³/mol. The Bertz CT molecular complexity index is 192. The van der Waals surface area contributed by atoms with Crippen LogP contribution in [0.15, 0.2) is 0 Å². The fourth-order valence-corrected chi connectivity index (χ4v) is 1.55.